The van der Waals surface area contributed by atoms with Crippen LogP contribution in [-0.2, 0) is 0 Å². The van der Waals surface area contributed by atoms with Crippen molar-refractivity contribution >= 4 is 27.7 Å². The second-order valence-electron chi connectivity index (χ2n) is 2.47. The Hall–Kier alpha value is -1.16. The molecular formula is C9H8BrNO2. The fraction of sp³-hybridized carbons (Fsp3) is 0.111. The molecule has 68 valence electrons. The maximum atomic E-state index is 10.5. The summed E-state index contributed by atoms with van der Waals surface area (Å²) in [6.45, 7) is 1.87. The SMILES string of the molecule is C/C=C/c1ccc(Br)c([N+](=O)[O-])c1. The topological polar surface area (TPSA) is 43.1 Å². The molecule has 0 bridgehead atoms. The van der Waals surface area contributed by atoms with Crippen molar-refractivity contribution in [2.75, 3.05) is 0 Å². The monoisotopic (exact) mass is 241 g/mol. The number of benzene rings is 1. The lowest BCUT2D eigenvalue weighted by Crippen LogP contribution is -1.89. The molecule has 0 aromatic heterocycles. The quantitative estimate of drug-likeness (QED) is 0.589. The molecule has 3 nitrogen and oxygen atoms in total. The standard InChI is InChI=1S/C9H8BrNO2/c1-2-3-7-4-5-8(10)9(6-7)11(12)13/h2-6H,1H3/b3-2+. The molecule has 0 amide bonds. The molecule has 0 saturated heterocycles. The van der Waals surface area contributed by atoms with Gasteiger partial charge in [-0.3, -0.25) is 10.1 Å². The van der Waals surface area contributed by atoms with Crippen molar-refractivity contribution in [3.63, 3.8) is 0 Å². The van der Waals surface area contributed by atoms with Gasteiger partial charge in [-0.1, -0.05) is 18.2 Å². The number of hydrogen-bond acceptors (Lipinski definition) is 2. The molecular weight excluding hydrogens is 234 g/mol. The first-order valence-electron chi connectivity index (χ1n) is 3.72. The molecule has 0 aliphatic heterocycles. The van der Waals surface area contributed by atoms with E-state index in [9.17, 15) is 10.1 Å². The molecule has 1 rings (SSSR count). The molecule has 0 heterocycles. The van der Waals surface area contributed by atoms with Gasteiger partial charge in [-0.05, 0) is 34.5 Å². The minimum Gasteiger partial charge on any atom is -0.258 e. The van der Waals surface area contributed by atoms with E-state index >= 15 is 0 Å². The van der Waals surface area contributed by atoms with Crippen LogP contribution in [0.1, 0.15) is 12.5 Å². The predicted molar refractivity (Wildman–Crippen MR) is 55.5 cm³/mol. The van der Waals surface area contributed by atoms with Crippen molar-refractivity contribution in [1.29, 1.82) is 0 Å². The van der Waals surface area contributed by atoms with Crippen molar-refractivity contribution < 1.29 is 4.92 Å². The average molecular weight is 242 g/mol. The molecule has 0 fully saturated rings. The van der Waals surface area contributed by atoms with Gasteiger partial charge in [0.25, 0.3) is 5.69 Å². The number of nitro groups is 1. The molecule has 0 aliphatic rings. The molecule has 1 aromatic carbocycles. The van der Waals surface area contributed by atoms with Gasteiger partial charge in [0.05, 0.1) is 9.40 Å². The highest BCUT2D eigenvalue weighted by atomic mass is 79.9. The van der Waals surface area contributed by atoms with Gasteiger partial charge in [0.1, 0.15) is 0 Å². The first kappa shape index (κ1) is 9.92. The van der Waals surface area contributed by atoms with Crippen LogP contribution in [0.25, 0.3) is 6.08 Å². The number of rotatable bonds is 2. The summed E-state index contributed by atoms with van der Waals surface area (Å²) in [6.07, 6.45) is 3.66. The number of halogens is 1. The molecule has 0 radical (unpaired) electrons. The first-order chi connectivity index (χ1) is 6.15. The summed E-state index contributed by atoms with van der Waals surface area (Å²) >= 11 is 3.12. The van der Waals surface area contributed by atoms with E-state index in [-0.39, 0.29) is 5.69 Å². The highest BCUT2D eigenvalue weighted by Crippen LogP contribution is 2.25. The minimum absolute atomic E-state index is 0.0931. The fourth-order valence-corrected chi connectivity index (χ4v) is 1.36. The Balaban J connectivity index is 3.18. The van der Waals surface area contributed by atoms with Crippen LogP contribution in [0.5, 0.6) is 0 Å². The zero-order valence-electron chi connectivity index (χ0n) is 7.03. The summed E-state index contributed by atoms with van der Waals surface area (Å²) in [5.41, 5.74) is 0.924. The van der Waals surface area contributed by atoms with Gasteiger partial charge in [0, 0.05) is 6.07 Å². The summed E-state index contributed by atoms with van der Waals surface area (Å²) in [6, 6.07) is 5.02. The Kier molecular flexibility index (Phi) is 3.19. The zero-order valence-corrected chi connectivity index (χ0v) is 8.61. The normalized spacial score (nSPS) is 10.6. The first-order valence-corrected chi connectivity index (χ1v) is 4.51. The Morgan fingerprint density at radius 2 is 2.23 bits per heavy atom. The lowest BCUT2D eigenvalue weighted by molar-refractivity contribution is -0.385. The molecule has 0 N–H and O–H groups in total. The molecule has 13 heavy (non-hydrogen) atoms. The third kappa shape index (κ3) is 2.39. The summed E-state index contributed by atoms with van der Waals surface area (Å²) in [5, 5.41) is 10.5. The van der Waals surface area contributed by atoms with Gasteiger partial charge >= 0.3 is 0 Å². The third-order valence-corrected chi connectivity index (χ3v) is 2.20. The number of nitro benzene ring substituents is 1. The van der Waals surface area contributed by atoms with Crippen LogP contribution < -0.4 is 0 Å². The average Bonchev–Trinajstić information content (AvgIpc) is 2.08. The van der Waals surface area contributed by atoms with Crippen molar-refractivity contribution in [2.24, 2.45) is 0 Å². The fourth-order valence-electron chi connectivity index (χ4n) is 0.966. The van der Waals surface area contributed by atoms with Gasteiger partial charge in [-0.2, -0.15) is 0 Å². The van der Waals surface area contributed by atoms with Gasteiger partial charge in [0.15, 0.2) is 0 Å². The predicted octanol–water partition coefficient (Wildman–Crippen LogP) is 3.39. The van der Waals surface area contributed by atoms with Crippen LogP contribution in [0.15, 0.2) is 28.7 Å². The van der Waals surface area contributed by atoms with Crippen molar-refractivity contribution in [3.8, 4) is 0 Å². The highest BCUT2D eigenvalue weighted by Gasteiger charge is 2.10. The molecule has 4 heteroatoms. The lowest BCUT2D eigenvalue weighted by atomic mass is 10.2. The number of hydrogen-bond donors (Lipinski definition) is 0. The summed E-state index contributed by atoms with van der Waals surface area (Å²) < 4.78 is 0.505. The highest BCUT2D eigenvalue weighted by molar-refractivity contribution is 9.10. The van der Waals surface area contributed by atoms with Gasteiger partial charge in [0.2, 0.25) is 0 Å². The van der Waals surface area contributed by atoms with Crippen molar-refractivity contribution in [1.82, 2.24) is 0 Å². The van der Waals surface area contributed by atoms with Gasteiger partial charge < -0.3 is 0 Å². The number of allylic oxidation sites excluding steroid dienone is 1. The Bertz CT molecular complexity index is 361. The van der Waals surface area contributed by atoms with Crippen molar-refractivity contribution in [2.45, 2.75) is 6.92 Å². The summed E-state index contributed by atoms with van der Waals surface area (Å²) in [5.74, 6) is 0. The molecule has 0 aliphatic carbocycles. The van der Waals surface area contributed by atoms with Crippen LogP contribution in [-0.4, -0.2) is 4.92 Å². The molecule has 0 saturated carbocycles. The summed E-state index contributed by atoms with van der Waals surface area (Å²) in [4.78, 5) is 10.1. The third-order valence-electron chi connectivity index (χ3n) is 1.53. The van der Waals surface area contributed by atoms with Crippen LogP contribution in [0.2, 0.25) is 0 Å². The van der Waals surface area contributed by atoms with E-state index in [1.165, 1.54) is 6.07 Å². The molecule has 0 unspecified atom stereocenters. The zero-order chi connectivity index (χ0) is 9.84. The van der Waals surface area contributed by atoms with Gasteiger partial charge in [-0.25, -0.2) is 0 Å². The van der Waals surface area contributed by atoms with E-state index in [0.29, 0.717) is 4.47 Å². The largest absolute Gasteiger partial charge is 0.284 e. The van der Waals surface area contributed by atoms with E-state index < -0.39 is 4.92 Å². The van der Waals surface area contributed by atoms with Gasteiger partial charge in [-0.15, -0.1) is 0 Å². The van der Waals surface area contributed by atoms with Crippen LogP contribution in [0.4, 0.5) is 5.69 Å². The number of nitrogens with zero attached hydrogens (tertiary/aromatic N) is 1. The van der Waals surface area contributed by atoms with Crippen LogP contribution in [0.3, 0.4) is 0 Å². The lowest BCUT2D eigenvalue weighted by Gasteiger charge is -1.96. The van der Waals surface area contributed by atoms with Crippen molar-refractivity contribution in [3.05, 3.63) is 44.4 Å². The summed E-state index contributed by atoms with van der Waals surface area (Å²) in [7, 11) is 0. The van der Waals surface area contributed by atoms with E-state index in [4.69, 9.17) is 0 Å². The minimum atomic E-state index is -0.406. The maximum absolute atomic E-state index is 10.5. The maximum Gasteiger partial charge on any atom is 0.284 e. The molecule has 0 atom stereocenters. The second kappa shape index (κ2) is 4.18. The van der Waals surface area contributed by atoms with E-state index in [1.54, 1.807) is 6.07 Å². The van der Waals surface area contributed by atoms with E-state index in [0.717, 1.165) is 5.56 Å². The Morgan fingerprint density at radius 3 is 2.77 bits per heavy atom. The second-order valence-corrected chi connectivity index (χ2v) is 3.32. The van der Waals surface area contributed by atoms with E-state index in [2.05, 4.69) is 15.9 Å². The molecule has 1 aromatic rings. The van der Waals surface area contributed by atoms with E-state index in [1.807, 2.05) is 25.1 Å². The molecule has 0 spiro atoms. The Morgan fingerprint density at radius 1 is 1.54 bits per heavy atom. The smallest absolute Gasteiger partial charge is 0.258 e. The van der Waals surface area contributed by atoms with Crippen LogP contribution >= 0.6 is 15.9 Å². The van der Waals surface area contributed by atoms with Crippen LogP contribution in [0, 0.1) is 10.1 Å². The Labute approximate surface area is 84.4 Å².